The van der Waals surface area contributed by atoms with Crippen LogP contribution >= 0.6 is 27.3 Å². The van der Waals surface area contributed by atoms with E-state index in [2.05, 4.69) is 36.6 Å². The minimum absolute atomic E-state index is 0.663. The molecule has 0 saturated carbocycles. The molecule has 0 atom stereocenters. The number of nitrogens with zero attached hydrogens (tertiary/aromatic N) is 2. The van der Waals surface area contributed by atoms with Gasteiger partial charge in [-0.3, -0.25) is 4.98 Å². The van der Waals surface area contributed by atoms with Crippen LogP contribution in [-0.2, 0) is 6.42 Å². The summed E-state index contributed by atoms with van der Waals surface area (Å²) < 4.78 is 1.01. The van der Waals surface area contributed by atoms with E-state index < -0.39 is 0 Å². The van der Waals surface area contributed by atoms with Crippen LogP contribution in [0.2, 0.25) is 0 Å². The molecule has 0 aliphatic heterocycles. The zero-order chi connectivity index (χ0) is 14.8. The fourth-order valence-corrected chi connectivity index (χ4v) is 3.33. The van der Waals surface area contributed by atoms with Gasteiger partial charge in [0.15, 0.2) is 0 Å². The Balaban J connectivity index is 1.82. The van der Waals surface area contributed by atoms with Crippen molar-refractivity contribution in [2.45, 2.75) is 13.3 Å². The van der Waals surface area contributed by atoms with Crippen LogP contribution in [0, 0.1) is 6.92 Å². The first-order valence-electron chi connectivity index (χ1n) is 6.62. The van der Waals surface area contributed by atoms with Crippen LogP contribution < -0.4 is 11.1 Å². The topological polar surface area (TPSA) is 63.8 Å². The molecule has 3 rings (SSSR count). The maximum atomic E-state index is 6.07. The Hall–Kier alpha value is -1.66. The van der Waals surface area contributed by atoms with Crippen molar-refractivity contribution in [2.75, 3.05) is 17.6 Å². The monoisotopic (exact) mass is 362 g/mol. The summed E-state index contributed by atoms with van der Waals surface area (Å²) in [5, 5.41) is 7.66. The van der Waals surface area contributed by atoms with Gasteiger partial charge in [-0.1, -0.05) is 15.9 Å². The molecule has 1 aromatic carbocycles. The van der Waals surface area contributed by atoms with E-state index in [1.807, 2.05) is 25.1 Å². The minimum Gasteiger partial charge on any atom is -0.396 e. The highest BCUT2D eigenvalue weighted by molar-refractivity contribution is 9.10. The van der Waals surface area contributed by atoms with Crippen molar-refractivity contribution in [3.8, 4) is 0 Å². The number of hydrogen-bond donors (Lipinski definition) is 2. The summed E-state index contributed by atoms with van der Waals surface area (Å²) >= 11 is 5.19. The van der Waals surface area contributed by atoms with Crippen molar-refractivity contribution in [3.05, 3.63) is 45.0 Å². The van der Waals surface area contributed by atoms with Crippen LogP contribution in [0.25, 0.3) is 10.9 Å². The molecular formula is C15H15BrN4S. The standard InChI is InChI=1S/C15H15BrN4S/c1-9-8-21-14(20-9)4-5-18-15-11-6-10(16)2-3-13(11)19-7-12(15)17/h2-3,6-8H,4-5,17H2,1H3,(H,18,19). The van der Waals surface area contributed by atoms with E-state index in [1.54, 1.807) is 17.5 Å². The largest absolute Gasteiger partial charge is 0.396 e. The molecule has 21 heavy (non-hydrogen) atoms. The fourth-order valence-electron chi connectivity index (χ4n) is 2.19. The number of hydrogen-bond acceptors (Lipinski definition) is 5. The van der Waals surface area contributed by atoms with E-state index in [-0.39, 0.29) is 0 Å². The number of nitrogen functional groups attached to an aromatic ring is 1. The molecular weight excluding hydrogens is 348 g/mol. The highest BCUT2D eigenvalue weighted by Crippen LogP contribution is 2.30. The Morgan fingerprint density at radius 3 is 3.00 bits per heavy atom. The van der Waals surface area contributed by atoms with Crippen molar-refractivity contribution in [1.82, 2.24) is 9.97 Å². The van der Waals surface area contributed by atoms with Crippen molar-refractivity contribution in [3.63, 3.8) is 0 Å². The molecule has 0 spiro atoms. The molecule has 2 aromatic heterocycles. The summed E-state index contributed by atoms with van der Waals surface area (Å²) in [6, 6.07) is 6.00. The van der Waals surface area contributed by atoms with Crippen LogP contribution in [0.5, 0.6) is 0 Å². The Labute approximate surface area is 135 Å². The van der Waals surface area contributed by atoms with Gasteiger partial charge >= 0.3 is 0 Å². The molecule has 0 amide bonds. The lowest BCUT2D eigenvalue weighted by molar-refractivity contribution is 0.988. The van der Waals surface area contributed by atoms with Gasteiger partial charge in [0.1, 0.15) is 0 Å². The maximum Gasteiger partial charge on any atom is 0.0945 e. The number of aromatic nitrogens is 2. The third kappa shape index (κ3) is 3.16. The lowest BCUT2D eigenvalue weighted by Gasteiger charge is -2.12. The van der Waals surface area contributed by atoms with E-state index in [4.69, 9.17) is 5.73 Å². The number of fused-ring (bicyclic) bond motifs is 1. The van der Waals surface area contributed by atoms with Crippen molar-refractivity contribution in [1.29, 1.82) is 0 Å². The first-order valence-corrected chi connectivity index (χ1v) is 8.29. The lowest BCUT2D eigenvalue weighted by Crippen LogP contribution is -2.08. The average molecular weight is 363 g/mol. The lowest BCUT2D eigenvalue weighted by atomic mass is 10.1. The van der Waals surface area contributed by atoms with Gasteiger partial charge in [-0.2, -0.15) is 0 Å². The molecule has 3 aromatic rings. The quantitative estimate of drug-likeness (QED) is 0.736. The van der Waals surface area contributed by atoms with Crippen LogP contribution in [0.4, 0.5) is 11.4 Å². The van der Waals surface area contributed by atoms with Gasteiger partial charge in [0, 0.05) is 33.9 Å². The predicted molar refractivity (Wildman–Crippen MR) is 92.9 cm³/mol. The first-order chi connectivity index (χ1) is 10.1. The van der Waals surface area contributed by atoms with Crippen molar-refractivity contribution < 1.29 is 0 Å². The Kier molecular flexibility index (Phi) is 4.07. The van der Waals surface area contributed by atoms with E-state index in [1.165, 1.54) is 0 Å². The normalized spacial score (nSPS) is 11.0. The first kappa shape index (κ1) is 14.3. The molecule has 0 radical (unpaired) electrons. The average Bonchev–Trinajstić information content (AvgIpc) is 2.87. The molecule has 3 N–H and O–H groups in total. The number of halogens is 1. The predicted octanol–water partition coefficient (Wildman–Crippen LogP) is 4.00. The van der Waals surface area contributed by atoms with E-state index in [0.717, 1.165) is 44.7 Å². The number of anilines is 2. The summed E-state index contributed by atoms with van der Waals surface area (Å²) in [5.41, 5.74) is 9.68. The van der Waals surface area contributed by atoms with Gasteiger partial charge in [0.05, 0.1) is 28.1 Å². The zero-order valence-electron chi connectivity index (χ0n) is 11.6. The number of nitrogens with one attached hydrogen (secondary N) is 1. The second-order valence-electron chi connectivity index (χ2n) is 4.81. The number of rotatable bonds is 4. The highest BCUT2D eigenvalue weighted by Gasteiger charge is 2.07. The summed E-state index contributed by atoms with van der Waals surface area (Å²) in [4.78, 5) is 8.82. The number of thiazole rings is 1. The van der Waals surface area contributed by atoms with E-state index in [9.17, 15) is 0 Å². The third-order valence-corrected chi connectivity index (χ3v) is 4.69. The molecule has 0 fully saturated rings. The van der Waals surface area contributed by atoms with Gasteiger partial charge in [0.25, 0.3) is 0 Å². The molecule has 0 aliphatic rings. The molecule has 0 bridgehead atoms. The van der Waals surface area contributed by atoms with Crippen LogP contribution in [0.15, 0.2) is 34.2 Å². The smallest absolute Gasteiger partial charge is 0.0945 e. The maximum absolute atomic E-state index is 6.07. The van der Waals surface area contributed by atoms with Gasteiger partial charge < -0.3 is 11.1 Å². The molecule has 0 aliphatic carbocycles. The SMILES string of the molecule is Cc1csc(CCNc2c(N)cnc3ccc(Br)cc23)n1. The molecule has 108 valence electrons. The van der Waals surface area contributed by atoms with Crippen LogP contribution in [-0.4, -0.2) is 16.5 Å². The van der Waals surface area contributed by atoms with Gasteiger partial charge in [-0.05, 0) is 25.1 Å². The molecule has 4 nitrogen and oxygen atoms in total. The summed E-state index contributed by atoms with van der Waals surface area (Å²) in [6.07, 6.45) is 2.59. The third-order valence-electron chi connectivity index (χ3n) is 3.17. The van der Waals surface area contributed by atoms with Crippen LogP contribution in [0.1, 0.15) is 10.7 Å². The van der Waals surface area contributed by atoms with E-state index >= 15 is 0 Å². The number of nitrogens with two attached hydrogens (primary N) is 1. The van der Waals surface area contributed by atoms with Crippen molar-refractivity contribution in [2.24, 2.45) is 0 Å². The van der Waals surface area contributed by atoms with Crippen LogP contribution in [0.3, 0.4) is 0 Å². The van der Waals surface area contributed by atoms with Crippen molar-refractivity contribution >= 4 is 49.5 Å². The number of benzene rings is 1. The summed E-state index contributed by atoms with van der Waals surface area (Å²) in [5.74, 6) is 0. The number of aryl methyl sites for hydroxylation is 1. The van der Waals surface area contributed by atoms with Gasteiger partial charge in [0.2, 0.25) is 0 Å². The Bertz CT molecular complexity index is 779. The fraction of sp³-hybridized carbons (Fsp3) is 0.200. The zero-order valence-corrected chi connectivity index (χ0v) is 14.0. The summed E-state index contributed by atoms with van der Waals surface area (Å²) in [6.45, 7) is 2.81. The Morgan fingerprint density at radius 2 is 2.24 bits per heavy atom. The number of pyridine rings is 1. The van der Waals surface area contributed by atoms with Gasteiger partial charge in [-0.15, -0.1) is 11.3 Å². The second-order valence-corrected chi connectivity index (χ2v) is 6.67. The molecule has 0 saturated heterocycles. The summed E-state index contributed by atoms with van der Waals surface area (Å²) in [7, 11) is 0. The molecule has 0 unspecified atom stereocenters. The highest BCUT2D eigenvalue weighted by atomic mass is 79.9. The molecule has 6 heteroatoms. The molecule has 2 heterocycles. The Morgan fingerprint density at radius 1 is 1.38 bits per heavy atom. The van der Waals surface area contributed by atoms with Gasteiger partial charge in [-0.25, -0.2) is 4.98 Å². The minimum atomic E-state index is 0.663. The van der Waals surface area contributed by atoms with E-state index in [0.29, 0.717) is 5.69 Å². The second kappa shape index (κ2) is 5.99.